The van der Waals surface area contributed by atoms with Crippen molar-refractivity contribution in [1.82, 2.24) is 9.55 Å². The Morgan fingerprint density at radius 1 is 1.24 bits per heavy atom. The number of phenols is 1. The minimum atomic E-state index is 0.330. The molecule has 0 spiro atoms. The first-order valence-electron chi connectivity index (χ1n) is 5.44. The number of ether oxygens (including phenoxy) is 1. The molecule has 0 amide bonds. The average Bonchev–Trinajstić information content (AvgIpc) is 2.69. The molecule has 1 aromatic heterocycles. The number of aryl methyl sites for hydroxylation is 2. The molecule has 0 atom stereocenters. The molecule has 0 radical (unpaired) electrons. The zero-order chi connectivity index (χ0) is 12.6. The van der Waals surface area contributed by atoms with Crippen LogP contribution in [0.1, 0.15) is 16.7 Å². The molecule has 0 aliphatic rings. The lowest BCUT2D eigenvalue weighted by Crippen LogP contribution is -1.93. The van der Waals surface area contributed by atoms with Crippen LogP contribution in [0, 0.1) is 20.8 Å². The molecule has 0 fully saturated rings. The number of nitrogens with zero attached hydrogens (tertiary/aromatic N) is 2. The van der Waals surface area contributed by atoms with Gasteiger partial charge in [0.1, 0.15) is 11.5 Å². The van der Waals surface area contributed by atoms with Crippen molar-refractivity contribution in [2.45, 2.75) is 20.8 Å². The summed E-state index contributed by atoms with van der Waals surface area (Å²) in [5.41, 5.74) is 2.58. The molecule has 4 heteroatoms. The van der Waals surface area contributed by atoms with Crippen LogP contribution in [0.5, 0.6) is 17.4 Å². The molecule has 90 valence electrons. The van der Waals surface area contributed by atoms with Gasteiger partial charge in [0.15, 0.2) is 0 Å². The van der Waals surface area contributed by atoms with E-state index in [0.717, 1.165) is 22.4 Å². The number of imidazole rings is 1. The van der Waals surface area contributed by atoms with Gasteiger partial charge >= 0.3 is 0 Å². The fourth-order valence-electron chi connectivity index (χ4n) is 1.69. The molecule has 1 heterocycles. The van der Waals surface area contributed by atoms with Crippen LogP contribution < -0.4 is 4.74 Å². The molecule has 2 rings (SSSR count). The third-order valence-electron chi connectivity index (χ3n) is 2.90. The van der Waals surface area contributed by atoms with E-state index in [1.54, 1.807) is 12.5 Å². The summed E-state index contributed by atoms with van der Waals surface area (Å²) in [6.07, 6.45) is 3.49. The van der Waals surface area contributed by atoms with Crippen LogP contribution in [0.3, 0.4) is 0 Å². The quantitative estimate of drug-likeness (QED) is 0.866. The topological polar surface area (TPSA) is 47.3 Å². The van der Waals surface area contributed by atoms with Crippen molar-refractivity contribution in [3.05, 3.63) is 35.3 Å². The molecule has 0 aliphatic carbocycles. The molecule has 17 heavy (non-hydrogen) atoms. The second kappa shape index (κ2) is 4.13. The number of aromatic hydroxyl groups is 1. The summed E-state index contributed by atoms with van der Waals surface area (Å²) in [7, 11) is 1.89. The predicted molar refractivity (Wildman–Crippen MR) is 65.6 cm³/mol. The van der Waals surface area contributed by atoms with E-state index >= 15 is 0 Å². The van der Waals surface area contributed by atoms with Gasteiger partial charge in [0.05, 0.1) is 12.5 Å². The van der Waals surface area contributed by atoms with E-state index in [2.05, 4.69) is 4.98 Å². The largest absolute Gasteiger partial charge is 0.507 e. The van der Waals surface area contributed by atoms with Crippen LogP contribution >= 0.6 is 0 Å². The van der Waals surface area contributed by atoms with Crippen LogP contribution in [0.2, 0.25) is 0 Å². The van der Waals surface area contributed by atoms with Gasteiger partial charge < -0.3 is 14.4 Å². The first-order valence-corrected chi connectivity index (χ1v) is 5.44. The number of phenolic OH excluding ortho intramolecular Hbond substituents is 1. The fraction of sp³-hybridized carbons (Fsp3) is 0.308. The lowest BCUT2D eigenvalue weighted by atomic mass is 10.0. The van der Waals surface area contributed by atoms with Gasteiger partial charge in [-0.1, -0.05) is 0 Å². The van der Waals surface area contributed by atoms with Crippen LogP contribution in [-0.2, 0) is 7.05 Å². The number of hydrogen-bond acceptors (Lipinski definition) is 3. The van der Waals surface area contributed by atoms with Crippen molar-refractivity contribution in [1.29, 1.82) is 0 Å². The molecule has 2 aromatic rings. The van der Waals surface area contributed by atoms with Gasteiger partial charge in [-0.3, -0.25) is 0 Å². The number of benzene rings is 1. The molecule has 0 aliphatic heterocycles. The Hall–Kier alpha value is -1.97. The van der Waals surface area contributed by atoms with E-state index in [4.69, 9.17) is 4.74 Å². The molecular weight excluding hydrogens is 216 g/mol. The standard InChI is InChI=1S/C13H16N2O2/c1-8-5-11(9(2)10(3)13(8)16)17-12-6-15(4)7-14-12/h5-7,16H,1-4H3. The summed E-state index contributed by atoms with van der Waals surface area (Å²) in [4.78, 5) is 4.11. The van der Waals surface area contributed by atoms with Crippen LogP contribution in [-0.4, -0.2) is 14.7 Å². The molecule has 0 bridgehead atoms. The Bertz CT molecular complexity index is 559. The summed E-state index contributed by atoms with van der Waals surface area (Å²) >= 11 is 0. The monoisotopic (exact) mass is 232 g/mol. The van der Waals surface area contributed by atoms with Gasteiger partial charge in [0.25, 0.3) is 0 Å². The Balaban J connectivity index is 2.40. The molecular formula is C13H16N2O2. The highest BCUT2D eigenvalue weighted by Crippen LogP contribution is 2.33. The zero-order valence-electron chi connectivity index (χ0n) is 10.5. The highest BCUT2D eigenvalue weighted by Gasteiger charge is 2.11. The van der Waals surface area contributed by atoms with Crippen molar-refractivity contribution >= 4 is 0 Å². The average molecular weight is 232 g/mol. The maximum absolute atomic E-state index is 9.81. The zero-order valence-corrected chi connectivity index (χ0v) is 10.5. The van der Waals surface area contributed by atoms with E-state index in [0.29, 0.717) is 11.6 Å². The van der Waals surface area contributed by atoms with Crippen molar-refractivity contribution in [2.24, 2.45) is 7.05 Å². The maximum atomic E-state index is 9.81. The Morgan fingerprint density at radius 3 is 2.53 bits per heavy atom. The third-order valence-corrected chi connectivity index (χ3v) is 2.90. The summed E-state index contributed by atoms with van der Waals surface area (Å²) in [6, 6.07) is 1.83. The van der Waals surface area contributed by atoms with Crippen LogP contribution in [0.25, 0.3) is 0 Å². The number of hydrogen-bond donors (Lipinski definition) is 1. The Labute approximate surface area is 100 Å². The van der Waals surface area contributed by atoms with E-state index in [9.17, 15) is 5.11 Å². The molecule has 1 aromatic carbocycles. The minimum Gasteiger partial charge on any atom is -0.507 e. The lowest BCUT2D eigenvalue weighted by Gasteiger charge is -2.12. The highest BCUT2D eigenvalue weighted by molar-refractivity contribution is 5.51. The van der Waals surface area contributed by atoms with Crippen LogP contribution in [0.15, 0.2) is 18.6 Å². The van der Waals surface area contributed by atoms with Gasteiger partial charge in [0.2, 0.25) is 5.88 Å². The van der Waals surface area contributed by atoms with Gasteiger partial charge in [-0.15, -0.1) is 0 Å². The Morgan fingerprint density at radius 2 is 1.94 bits per heavy atom. The van der Waals surface area contributed by atoms with Crippen molar-refractivity contribution in [3.63, 3.8) is 0 Å². The fourth-order valence-corrected chi connectivity index (χ4v) is 1.69. The SMILES string of the molecule is Cc1cc(Oc2cn(C)cn2)c(C)c(C)c1O. The van der Waals surface area contributed by atoms with E-state index in [1.807, 2.05) is 38.5 Å². The van der Waals surface area contributed by atoms with Gasteiger partial charge in [-0.2, -0.15) is 0 Å². The smallest absolute Gasteiger partial charge is 0.237 e. The first-order chi connectivity index (χ1) is 7.99. The molecule has 0 saturated carbocycles. The predicted octanol–water partition coefficient (Wildman–Crippen LogP) is 2.84. The third kappa shape index (κ3) is 2.11. The normalized spacial score (nSPS) is 10.6. The second-order valence-corrected chi connectivity index (χ2v) is 4.27. The highest BCUT2D eigenvalue weighted by atomic mass is 16.5. The van der Waals surface area contributed by atoms with Gasteiger partial charge in [-0.05, 0) is 43.5 Å². The van der Waals surface area contributed by atoms with Crippen molar-refractivity contribution in [3.8, 4) is 17.4 Å². The van der Waals surface area contributed by atoms with E-state index < -0.39 is 0 Å². The first kappa shape index (κ1) is 11.5. The summed E-state index contributed by atoms with van der Waals surface area (Å²) < 4.78 is 7.53. The van der Waals surface area contributed by atoms with E-state index in [-0.39, 0.29) is 0 Å². The van der Waals surface area contributed by atoms with Crippen molar-refractivity contribution in [2.75, 3.05) is 0 Å². The molecule has 0 saturated heterocycles. The summed E-state index contributed by atoms with van der Waals surface area (Å²) in [5.74, 6) is 1.62. The van der Waals surface area contributed by atoms with Gasteiger partial charge in [0, 0.05) is 7.05 Å². The van der Waals surface area contributed by atoms with E-state index in [1.165, 1.54) is 0 Å². The summed E-state index contributed by atoms with van der Waals surface area (Å²) in [5, 5.41) is 9.81. The second-order valence-electron chi connectivity index (χ2n) is 4.27. The molecule has 0 unspecified atom stereocenters. The lowest BCUT2D eigenvalue weighted by molar-refractivity contribution is 0.446. The molecule has 4 nitrogen and oxygen atoms in total. The number of rotatable bonds is 2. The maximum Gasteiger partial charge on any atom is 0.237 e. The molecule has 1 N–H and O–H groups in total. The number of aromatic nitrogens is 2. The Kier molecular flexibility index (Phi) is 2.79. The van der Waals surface area contributed by atoms with Crippen molar-refractivity contribution < 1.29 is 9.84 Å². The van der Waals surface area contributed by atoms with Crippen LogP contribution in [0.4, 0.5) is 0 Å². The van der Waals surface area contributed by atoms with Gasteiger partial charge in [-0.25, -0.2) is 4.98 Å². The summed E-state index contributed by atoms with van der Waals surface area (Å²) in [6.45, 7) is 5.66. The minimum absolute atomic E-state index is 0.330.